The summed E-state index contributed by atoms with van der Waals surface area (Å²) in [6.45, 7) is 3.33. The first kappa shape index (κ1) is 21.2. The van der Waals surface area contributed by atoms with Crippen LogP contribution in [0.5, 0.6) is 11.5 Å². The number of benzene rings is 2. The van der Waals surface area contributed by atoms with Crippen molar-refractivity contribution >= 4 is 34.8 Å². The molecule has 0 atom stereocenters. The molecule has 2 amide bonds. The molecule has 2 aromatic rings. The number of hydrogen-bond acceptors (Lipinski definition) is 5. The van der Waals surface area contributed by atoms with Crippen LogP contribution in [0.4, 0.5) is 5.69 Å². The molecule has 2 rings (SSSR count). The normalized spacial score (nSPS) is 10.9. The number of nitrogens with zero attached hydrogens (tertiary/aromatic N) is 1. The molecule has 0 saturated carbocycles. The molecule has 0 fully saturated rings. The summed E-state index contributed by atoms with van der Waals surface area (Å²) in [6, 6.07) is 12.1. The second-order valence-electron chi connectivity index (χ2n) is 6.04. The molecule has 0 aromatic heterocycles. The van der Waals surface area contributed by atoms with Crippen molar-refractivity contribution in [3.8, 4) is 11.5 Å². The molecule has 0 spiro atoms. The summed E-state index contributed by atoms with van der Waals surface area (Å²) in [5.41, 5.74) is 4.34. The Labute approximate surface area is 168 Å². The van der Waals surface area contributed by atoms with Crippen molar-refractivity contribution in [1.82, 2.24) is 5.43 Å². The van der Waals surface area contributed by atoms with Gasteiger partial charge in [0, 0.05) is 16.4 Å². The number of anilines is 1. The minimum Gasteiger partial charge on any atom is -0.497 e. The van der Waals surface area contributed by atoms with Crippen molar-refractivity contribution < 1.29 is 19.1 Å². The Morgan fingerprint density at radius 1 is 1.07 bits per heavy atom. The van der Waals surface area contributed by atoms with E-state index >= 15 is 0 Å². The van der Waals surface area contributed by atoms with Crippen LogP contribution in [-0.4, -0.2) is 31.2 Å². The highest BCUT2D eigenvalue weighted by Crippen LogP contribution is 2.20. The fourth-order valence-electron chi connectivity index (χ4n) is 2.16. The molecule has 0 radical (unpaired) electrons. The van der Waals surface area contributed by atoms with Crippen molar-refractivity contribution in [3.05, 3.63) is 53.1 Å². The van der Waals surface area contributed by atoms with Crippen molar-refractivity contribution in [1.29, 1.82) is 0 Å². The molecule has 28 heavy (non-hydrogen) atoms. The minimum atomic E-state index is -0.430. The number of aryl methyl sites for hydroxylation is 1. The highest BCUT2D eigenvalue weighted by Gasteiger charge is 2.07. The number of carbonyl (C=O) groups excluding carboxylic acids is 2. The highest BCUT2D eigenvalue weighted by molar-refractivity contribution is 6.31. The molecule has 2 N–H and O–H groups in total. The average molecular weight is 404 g/mol. The number of nitrogens with one attached hydrogen (secondary N) is 2. The fraction of sp³-hybridized carbons (Fsp3) is 0.250. The summed E-state index contributed by atoms with van der Waals surface area (Å²) in [6.07, 6.45) is 0.0328. The Balaban J connectivity index is 1.76. The van der Waals surface area contributed by atoms with Gasteiger partial charge in [0.2, 0.25) is 5.91 Å². The van der Waals surface area contributed by atoms with E-state index in [4.69, 9.17) is 21.1 Å². The van der Waals surface area contributed by atoms with E-state index in [1.54, 1.807) is 50.4 Å². The van der Waals surface area contributed by atoms with Crippen LogP contribution < -0.4 is 20.2 Å². The van der Waals surface area contributed by atoms with E-state index < -0.39 is 5.91 Å². The van der Waals surface area contributed by atoms with Gasteiger partial charge >= 0.3 is 0 Å². The number of hydrogen-bond donors (Lipinski definition) is 2. The third-order valence-corrected chi connectivity index (χ3v) is 4.08. The largest absolute Gasteiger partial charge is 0.497 e. The van der Waals surface area contributed by atoms with Gasteiger partial charge in [-0.15, -0.1) is 0 Å². The monoisotopic (exact) mass is 403 g/mol. The lowest BCUT2D eigenvalue weighted by Crippen LogP contribution is -2.26. The fourth-order valence-corrected chi connectivity index (χ4v) is 2.34. The van der Waals surface area contributed by atoms with Crippen molar-refractivity contribution in [2.45, 2.75) is 20.3 Å². The van der Waals surface area contributed by atoms with Gasteiger partial charge in [-0.05, 0) is 55.8 Å². The van der Waals surface area contributed by atoms with Crippen LogP contribution in [0.25, 0.3) is 0 Å². The van der Waals surface area contributed by atoms with Crippen molar-refractivity contribution in [2.24, 2.45) is 5.10 Å². The predicted octanol–water partition coefficient (Wildman–Crippen LogP) is 3.56. The molecule has 0 bridgehead atoms. The predicted molar refractivity (Wildman–Crippen MR) is 109 cm³/mol. The topological polar surface area (TPSA) is 89.0 Å². The van der Waals surface area contributed by atoms with Crippen LogP contribution in [0.3, 0.4) is 0 Å². The zero-order valence-electron chi connectivity index (χ0n) is 15.9. The second-order valence-corrected chi connectivity index (χ2v) is 6.44. The molecule has 0 aliphatic carbocycles. The van der Waals surface area contributed by atoms with Crippen LogP contribution in [-0.2, 0) is 9.59 Å². The summed E-state index contributed by atoms with van der Waals surface area (Å²) in [4.78, 5) is 23.9. The number of ether oxygens (including phenoxy) is 2. The van der Waals surface area contributed by atoms with Gasteiger partial charge in [-0.25, -0.2) is 5.43 Å². The molecule has 0 aliphatic heterocycles. The van der Waals surface area contributed by atoms with Gasteiger partial charge in [0.05, 0.1) is 13.5 Å². The quantitative estimate of drug-likeness (QED) is 0.521. The maximum atomic E-state index is 12.0. The van der Waals surface area contributed by atoms with E-state index in [0.29, 0.717) is 27.9 Å². The summed E-state index contributed by atoms with van der Waals surface area (Å²) < 4.78 is 10.4. The third kappa shape index (κ3) is 6.92. The summed E-state index contributed by atoms with van der Waals surface area (Å²) in [5.74, 6) is 0.543. The van der Waals surface area contributed by atoms with Gasteiger partial charge in [0.15, 0.2) is 6.61 Å². The number of amides is 2. The van der Waals surface area contributed by atoms with Crippen LogP contribution in [0.2, 0.25) is 5.02 Å². The van der Waals surface area contributed by atoms with Gasteiger partial charge in [-0.1, -0.05) is 17.7 Å². The molecular weight excluding hydrogens is 382 g/mol. The van der Waals surface area contributed by atoms with Gasteiger partial charge in [-0.2, -0.15) is 5.10 Å². The number of hydrazone groups is 1. The summed E-state index contributed by atoms with van der Waals surface area (Å²) >= 11 is 6.04. The lowest BCUT2D eigenvalue weighted by Gasteiger charge is -2.08. The molecule has 2 aromatic carbocycles. The maximum absolute atomic E-state index is 12.0. The van der Waals surface area contributed by atoms with Gasteiger partial charge in [0.25, 0.3) is 5.91 Å². The van der Waals surface area contributed by atoms with Crippen LogP contribution in [0, 0.1) is 6.92 Å². The lowest BCUT2D eigenvalue weighted by atomic mass is 10.2. The number of halogens is 1. The molecule has 0 heterocycles. The third-order valence-electron chi connectivity index (χ3n) is 3.67. The molecular formula is C20H22ClN3O4. The van der Waals surface area contributed by atoms with E-state index in [1.807, 2.05) is 13.0 Å². The van der Waals surface area contributed by atoms with Crippen LogP contribution in [0.1, 0.15) is 18.9 Å². The van der Waals surface area contributed by atoms with E-state index in [9.17, 15) is 9.59 Å². The smallest absolute Gasteiger partial charge is 0.277 e. The zero-order valence-corrected chi connectivity index (χ0v) is 16.7. The number of rotatable bonds is 8. The number of carbonyl (C=O) groups is 2. The van der Waals surface area contributed by atoms with Gasteiger partial charge in [0.1, 0.15) is 11.5 Å². The van der Waals surface area contributed by atoms with Crippen LogP contribution >= 0.6 is 11.6 Å². The van der Waals surface area contributed by atoms with Gasteiger partial charge in [-0.3, -0.25) is 9.59 Å². The first-order valence-corrected chi connectivity index (χ1v) is 8.90. The molecule has 0 aliphatic rings. The summed E-state index contributed by atoms with van der Waals surface area (Å²) in [7, 11) is 1.57. The number of methoxy groups -OCH3 is 1. The Hall–Kier alpha value is -3.06. The molecule has 0 unspecified atom stereocenters. The zero-order chi connectivity index (χ0) is 20.5. The Morgan fingerprint density at radius 2 is 1.75 bits per heavy atom. The van der Waals surface area contributed by atoms with E-state index in [1.165, 1.54) is 0 Å². The highest BCUT2D eigenvalue weighted by atomic mass is 35.5. The first-order chi connectivity index (χ1) is 13.4. The Kier molecular flexibility index (Phi) is 7.83. The summed E-state index contributed by atoms with van der Waals surface area (Å²) in [5, 5.41) is 7.22. The first-order valence-electron chi connectivity index (χ1n) is 8.52. The van der Waals surface area contributed by atoms with Crippen molar-refractivity contribution in [2.75, 3.05) is 19.0 Å². The maximum Gasteiger partial charge on any atom is 0.277 e. The second kappa shape index (κ2) is 10.3. The molecule has 0 saturated heterocycles. The molecule has 8 heteroatoms. The Morgan fingerprint density at radius 3 is 2.39 bits per heavy atom. The van der Waals surface area contributed by atoms with Crippen LogP contribution in [0.15, 0.2) is 47.6 Å². The van der Waals surface area contributed by atoms with E-state index in [2.05, 4.69) is 15.8 Å². The van der Waals surface area contributed by atoms with E-state index in [0.717, 1.165) is 5.56 Å². The standard InChI is InChI=1S/C20H22ClN3O4/c1-13-4-5-15(11-18(13)21)22-19(25)10-14(2)23-24-20(26)12-28-17-8-6-16(27-3)7-9-17/h4-9,11H,10,12H2,1-3H3,(H,22,25)(H,24,26)/b23-14-. The average Bonchev–Trinajstić information content (AvgIpc) is 2.68. The minimum absolute atomic E-state index is 0.0328. The molecule has 148 valence electrons. The molecule has 7 nitrogen and oxygen atoms in total. The van der Waals surface area contributed by atoms with Crippen molar-refractivity contribution in [3.63, 3.8) is 0 Å². The van der Waals surface area contributed by atoms with Gasteiger partial charge < -0.3 is 14.8 Å². The lowest BCUT2D eigenvalue weighted by molar-refractivity contribution is -0.123. The van der Waals surface area contributed by atoms with E-state index in [-0.39, 0.29) is 18.9 Å². The SMILES string of the molecule is COc1ccc(OCC(=O)N/N=C(/C)CC(=O)Nc2ccc(C)c(Cl)c2)cc1. The Bertz CT molecular complexity index is 866.